The first-order valence-electron chi connectivity index (χ1n) is 7.84. The van der Waals surface area contributed by atoms with Crippen molar-refractivity contribution in [1.29, 1.82) is 0 Å². The number of hydrogen-bond donors (Lipinski definition) is 0. The van der Waals surface area contributed by atoms with E-state index in [1.807, 2.05) is 12.1 Å². The maximum Gasteiger partial charge on any atom is 0.226 e. The average molecular weight is 382 g/mol. The Morgan fingerprint density at radius 2 is 2.04 bits per heavy atom. The van der Waals surface area contributed by atoms with Gasteiger partial charge >= 0.3 is 0 Å². The third kappa shape index (κ3) is 2.67. The first-order valence-corrected chi connectivity index (χ1v) is 9.64. The topological polar surface area (TPSA) is 56.2 Å². The second-order valence-corrected chi connectivity index (χ2v) is 7.56. The first kappa shape index (κ1) is 15.5. The fourth-order valence-electron chi connectivity index (χ4n) is 2.71. The van der Waals surface area contributed by atoms with Crippen molar-refractivity contribution in [2.24, 2.45) is 0 Å². The van der Waals surface area contributed by atoms with Crippen LogP contribution in [0.25, 0.3) is 26.6 Å². The van der Waals surface area contributed by atoms with E-state index in [1.54, 1.807) is 41.5 Å². The molecule has 3 heterocycles. The van der Waals surface area contributed by atoms with Crippen molar-refractivity contribution in [3.05, 3.63) is 66.3 Å². The molecule has 0 aliphatic heterocycles. The third-order valence-electron chi connectivity index (χ3n) is 3.88. The van der Waals surface area contributed by atoms with Crippen LogP contribution in [-0.4, -0.2) is 19.6 Å². The third-order valence-corrected chi connectivity index (χ3v) is 5.86. The molecule has 0 amide bonds. The van der Waals surface area contributed by atoms with E-state index in [0.29, 0.717) is 17.2 Å². The fourth-order valence-corrected chi connectivity index (χ4v) is 4.56. The molecule has 0 unspecified atom stereocenters. The standard InChI is InChI=1S/C18H11FN4OS2/c19-12-5-3-4-11(8-12)16-20-13(9-24-16)10-25-17-21-22-18-23(17)14-6-1-2-7-15(14)26-18/h1-9H,10H2. The van der Waals surface area contributed by atoms with Crippen molar-refractivity contribution >= 4 is 38.3 Å². The van der Waals surface area contributed by atoms with E-state index in [9.17, 15) is 4.39 Å². The van der Waals surface area contributed by atoms with Crippen LogP contribution in [0, 0.1) is 5.82 Å². The normalized spacial score (nSPS) is 11.6. The van der Waals surface area contributed by atoms with Gasteiger partial charge in [-0.15, -0.1) is 10.2 Å². The molecular formula is C18H11FN4OS2. The molecule has 128 valence electrons. The minimum Gasteiger partial charge on any atom is -0.444 e. The van der Waals surface area contributed by atoms with Crippen LogP contribution >= 0.6 is 23.1 Å². The Labute approximate surface area is 155 Å². The molecule has 0 radical (unpaired) electrons. The van der Waals surface area contributed by atoms with E-state index in [4.69, 9.17) is 4.42 Å². The molecule has 5 nitrogen and oxygen atoms in total. The van der Waals surface area contributed by atoms with Gasteiger partial charge in [0.25, 0.3) is 0 Å². The number of hydrogen-bond acceptors (Lipinski definition) is 6. The lowest BCUT2D eigenvalue weighted by Gasteiger charge is -1.97. The SMILES string of the molecule is Fc1cccc(-c2nc(CSc3nnc4sc5ccccc5n34)co2)c1. The highest BCUT2D eigenvalue weighted by molar-refractivity contribution is 7.98. The van der Waals surface area contributed by atoms with Crippen molar-refractivity contribution < 1.29 is 8.81 Å². The molecule has 0 aliphatic carbocycles. The molecule has 8 heteroatoms. The molecule has 0 aliphatic rings. The van der Waals surface area contributed by atoms with Gasteiger partial charge in [0.1, 0.15) is 12.1 Å². The molecule has 0 bridgehead atoms. The molecule has 5 aromatic rings. The summed E-state index contributed by atoms with van der Waals surface area (Å²) in [6.45, 7) is 0. The van der Waals surface area contributed by atoms with Crippen molar-refractivity contribution in [2.75, 3.05) is 0 Å². The van der Waals surface area contributed by atoms with Crippen LogP contribution in [0.1, 0.15) is 5.69 Å². The van der Waals surface area contributed by atoms with E-state index in [-0.39, 0.29) is 5.82 Å². The Morgan fingerprint density at radius 1 is 1.12 bits per heavy atom. The quantitative estimate of drug-likeness (QED) is 0.408. The Kier molecular flexibility index (Phi) is 3.72. The second-order valence-electron chi connectivity index (χ2n) is 5.61. The fraction of sp³-hybridized carbons (Fsp3) is 0.0556. The van der Waals surface area contributed by atoms with Crippen molar-refractivity contribution in [1.82, 2.24) is 19.6 Å². The van der Waals surface area contributed by atoms with E-state index < -0.39 is 0 Å². The first-order chi connectivity index (χ1) is 12.8. The van der Waals surface area contributed by atoms with Crippen LogP contribution in [0.15, 0.2) is 64.4 Å². The molecule has 3 aromatic heterocycles. The van der Waals surface area contributed by atoms with Gasteiger partial charge in [-0.2, -0.15) is 0 Å². The van der Waals surface area contributed by atoms with Gasteiger partial charge in [-0.25, -0.2) is 9.37 Å². The highest BCUT2D eigenvalue weighted by Gasteiger charge is 2.14. The number of rotatable bonds is 4. The number of aromatic nitrogens is 4. The summed E-state index contributed by atoms with van der Waals surface area (Å²) in [6, 6.07) is 14.4. The van der Waals surface area contributed by atoms with Crippen LogP contribution in [0.4, 0.5) is 4.39 Å². The Bertz CT molecular complexity index is 1230. The van der Waals surface area contributed by atoms with Crippen LogP contribution in [0.2, 0.25) is 0 Å². The van der Waals surface area contributed by atoms with E-state index in [1.165, 1.54) is 16.8 Å². The number of thioether (sulfide) groups is 1. The maximum absolute atomic E-state index is 13.3. The summed E-state index contributed by atoms with van der Waals surface area (Å²) >= 11 is 3.15. The summed E-state index contributed by atoms with van der Waals surface area (Å²) in [4.78, 5) is 5.31. The Balaban J connectivity index is 1.41. The number of para-hydroxylation sites is 1. The molecule has 0 fully saturated rings. The van der Waals surface area contributed by atoms with Gasteiger partial charge in [0.15, 0.2) is 5.16 Å². The van der Waals surface area contributed by atoms with Gasteiger partial charge in [-0.05, 0) is 30.3 Å². The molecular weight excluding hydrogens is 371 g/mol. The van der Waals surface area contributed by atoms with E-state index >= 15 is 0 Å². The summed E-state index contributed by atoms with van der Waals surface area (Å²) in [6.07, 6.45) is 1.59. The minimum absolute atomic E-state index is 0.313. The molecule has 0 saturated carbocycles. The minimum atomic E-state index is -0.313. The summed E-state index contributed by atoms with van der Waals surface area (Å²) in [5.41, 5.74) is 2.49. The lowest BCUT2D eigenvalue weighted by Crippen LogP contribution is -1.87. The zero-order valence-electron chi connectivity index (χ0n) is 13.3. The van der Waals surface area contributed by atoms with E-state index in [0.717, 1.165) is 21.3 Å². The lowest BCUT2D eigenvalue weighted by atomic mass is 10.2. The lowest BCUT2D eigenvalue weighted by molar-refractivity contribution is 0.571. The average Bonchev–Trinajstić information content (AvgIpc) is 3.35. The summed E-state index contributed by atoms with van der Waals surface area (Å²) < 4.78 is 22.1. The largest absolute Gasteiger partial charge is 0.444 e. The summed E-state index contributed by atoms with van der Waals surface area (Å²) in [5.74, 6) is 0.684. The summed E-state index contributed by atoms with van der Waals surface area (Å²) in [7, 11) is 0. The number of nitrogens with zero attached hydrogens (tertiary/aromatic N) is 4. The highest BCUT2D eigenvalue weighted by Crippen LogP contribution is 2.31. The van der Waals surface area contributed by atoms with Gasteiger partial charge < -0.3 is 4.42 Å². The molecule has 0 atom stereocenters. The van der Waals surface area contributed by atoms with Crippen molar-refractivity contribution in [2.45, 2.75) is 10.9 Å². The zero-order valence-corrected chi connectivity index (χ0v) is 14.9. The van der Waals surface area contributed by atoms with Gasteiger partial charge in [0, 0.05) is 11.3 Å². The van der Waals surface area contributed by atoms with E-state index in [2.05, 4.69) is 31.7 Å². The predicted molar refractivity (Wildman–Crippen MR) is 99.8 cm³/mol. The van der Waals surface area contributed by atoms with Gasteiger partial charge in [0.2, 0.25) is 10.9 Å². The molecule has 5 rings (SSSR count). The number of halogens is 1. The predicted octanol–water partition coefficient (Wildman–Crippen LogP) is 5.03. The van der Waals surface area contributed by atoms with Crippen LogP contribution in [-0.2, 0) is 5.75 Å². The number of benzene rings is 2. The van der Waals surface area contributed by atoms with Crippen LogP contribution < -0.4 is 0 Å². The molecule has 26 heavy (non-hydrogen) atoms. The number of oxazole rings is 1. The monoisotopic (exact) mass is 382 g/mol. The van der Waals surface area contributed by atoms with Crippen molar-refractivity contribution in [3.8, 4) is 11.5 Å². The number of thiazole rings is 1. The molecule has 0 saturated heterocycles. The Hall–Kier alpha value is -2.71. The van der Waals surface area contributed by atoms with Crippen LogP contribution in [0.3, 0.4) is 0 Å². The Morgan fingerprint density at radius 3 is 2.96 bits per heavy atom. The zero-order chi connectivity index (χ0) is 17.5. The molecule has 2 aromatic carbocycles. The van der Waals surface area contributed by atoms with Gasteiger partial charge in [-0.3, -0.25) is 4.40 Å². The maximum atomic E-state index is 13.3. The number of fused-ring (bicyclic) bond motifs is 3. The highest BCUT2D eigenvalue weighted by atomic mass is 32.2. The summed E-state index contributed by atoms with van der Waals surface area (Å²) in [5, 5.41) is 9.34. The van der Waals surface area contributed by atoms with Gasteiger partial charge in [-0.1, -0.05) is 41.3 Å². The van der Waals surface area contributed by atoms with Gasteiger partial charge in [0.05, 0.1) is 15.9 Å². The van der Waals surface area contributed by atoms with Crippen molar-refractivity contribution in [3.63, 3.8) is 0 Å². The smallest absolute Gasteiger partial charge is 0.226 e. The van der Waals surface area contributed by atoms with Crippen LogP contribution in [0.5, 0.6) is 0 Å². The molecule has 0 N–H and O–H groups in total. The second kappa shape index (κ2) is 6.22. The molecule has 0 spiro atoms.